The molecular formula is C14H9F3N2O. The number of fused-ring (bicyclic) bond motifs is 1. The van der Waals surface area contributed by atoms with Crippen molar-refractivity contribution in [1.82, 2.24) is 9.97 Å². The van der Waals surface area contributed by atoms with Crippen LogP contribution in [0.2, 0.25) is 0 Å². The molecule has 0 aliphatic rings. The van der Waals surface area contributed by atoms with Crippen LogP contribution in [-0.4, -0.2) is 9.97 Å². The van der Waals surface area contributed by atoms with Crippen molar-refractivity contribution in [3.05, 3.63) is 47.8 Å². The van der Waals surface area contributed by atoms with E-state index in [1.54, 1.807) is 24.5 Å². The standard InChI is InChI=1S/C14H9F3N2O/c1-8-10(14(15,16)17)2-3-11-12(8)20-13(19-11)9-4-6-18-7-5-9/h2-7H,1H3. The minimum absolute atomic E-state index is 0.0443. The summed E-state index contributed by atoms with van der Waals surface area (Å²) in [5, 5.41) is 0. The Morgan fingerprint density at radius 3 is 2.40 bits per heavy atom. The van der Waals surface area contributed by atoms with Crippen molar-refractivity contribution < 1.29 is 17.6 Å². The molecule has 3 rings (SSSR count). The number of benzene rings is 1. The fourth-order valence-electron chi connectivity index (χ4n) is 2.05. The lowest BCUT2D eigenvalue weighted by Crippen LogP contribution is -2.07. The van der Waals surface area contributed by atoms with Gasteiger partial charge in [0.05, 0.1) is 5.56 Å². The van der Waals surface area contributed by atoms with Crippen molar-refractivity contribution >= 4 is 11.1 Å². The Morgan fingerprint density at radius 2 is 1.75 bits per heavy atom. The van der Waals surface area contributed by atoms with E-state index < -0.39 is 11.7 Å². The van der Waals surface area contributed by atoms with Gasteiger partial charge in [-0.3, -0.25) is 4.98 Å². The van der Waals surface area contributed by atoms with Crippen LogP contribution in [0.4, 0.5) is 13.2 Å². The van der Waals surface area contributed by atoms with Crippen molar-refractivity contribution in [2.75, 3.05) is 0 Å². The number of aromatic nitrogens is 2. The van der Waals surface area contributed by atoms with E-state index in [0.717, 1.165) is 6.07 Å². The minimum atomic E-state index is -4.40. The highest BCUT2D eigenvalue weighted by atomic mass is 19.4. The van der Waals surface area contributed by atoms with Gasteiger partial charge in [-0.2, -0.15) is 13.2 Å². The quantitative estimate of drug-likeness (QED) is 0.669. The van der Waals surface area contributed by atoms with Crippen molar-refractivity contribution in [2.45, 2.75) is 13.1 Å². The average Bonchev–Trinajstić information content (AvgIpc) is 2.83. The Bertz CT molecular complexity index is 763. The lowest BCUT2D eigenvalue weighted by atomic mass is 10.1. The molecule has 3 nitrogen and oxygen atoms in total. The van der Waals surface area contributed by atoms with Crippen molar-refractivity contribution in [2.24, 2.45) is 0 Å². The second-order valence-corrected chi connectivity index (χ2v) is 4.34. The van der Waals surface area contributed by atoms with Crippen LogP contribution in [0.25, 0.3) is 22.6 Å². The Morgan fingerprint density at radius 1 is 1.05 bits per heavy atom. The monoisotopic (exact) mass is 278 g/mol. The van der Waals surface area contributed by atoms with E-state index in [2.05, 4.69) is 9.97 Å². The number of rotatable bonds is 1. The van der Waals surface area contributed by atoms with Gasteiger partial charge >= 0.3 is 6.18 Å². The van der Waals surface area contributed by atoms with E-state index in [1.165, 1.54) is 13.0 Å². The first kappa shape index (κ1) is 12.7. The lowest BCUT2D eigenvalue weighted by Gasteiger charge is -2.09. The fraction of sp³-hybridized carbons (Fsp3) is 0.143. The largest absolute Gasteiger partial charge is 0.436 e. The lowest BCUT2D eigenvalue weighted by molar-refractivity contribution is -0.138. The SMILES string of the molecule is Cc1c(C(F)(F)F)ccc2nc(-c3ccncc3)oc12. The summed E-state index contributed by atoms with van der Waals surface area (Å²) in [7, 11) is 0. The van der Waals surface area contributed by atoms with Crippen LogP contribution < -0.4 is 0 Å². The summed E-state index contributed by atoms with van der Waals surface area (Å²) in [5.74, 6) is 0.282. The van der Waals surface area contributed by atoms with Crippen LogP contribution in [-0.2, 0) is 6.18 Å². The van der Waals surface area contributed by atoms with E-state index in [-0.39, 0.29) is 17.0 Å². The molecule has 0 saturated heterocycles. The van der Waals surface area contributed by atoms with Gasteiger partial charge in [-0.25, -0.2) is 4.98 Å². The first-order valence-corrected chi connectivity index (χ1v) is 5.84. The Balaban J connectivity index is 2.20. The number of nitrogens with zero attached hydrogens (tertiary/aromatic N) is 2. The molecule has 1 aromatic carbocycles. The van der Waals surface area contributed by atoms with Crippen molar-refractivity contribution in [3.8, 4) is 11.5 Å². The summed E-state index contributed by atoms with van der Waals surface area (Å²) >= 11 is 0. The van der Waals surface area contributed by atoms with Crippen LogP contribution in [0.5, 0.6) is 0 Å². The van der Waals surface area contributed by atoms with Crippen LogP contribution in [0.3, 0.4) is 0 Å². The predicted molar refractivity (Wildman–Crippen MR) is 67.0 cm³/mol. The Kier molecular flexibility index (Phi) is 2.74. The second kappa shape index (κ2) is 4.33. The molecule has 20 heavy (non-hydrogen) atoms. The van der Waals surface area contributed by atoms with Crippen molar-refractivity contribution in [3.63, 3.8) is 0 Å². The van der Waals surface area contributed by atoms with E-state index >= 15 is 0 Å². The maximum atomic E-state index is 12.8. The van der Waals surface area contributed by atoms with Gasteiger partial charge < -0.3 is 4.42 Å². The van der Waals surface area contributed by atoms with E-state index in [9.17, 15) is 13.2 Å². The van der Waals surface area contributed by atoms with E-state index in [0.29, 0.717) is 11.1 Å². The maximum absolute atomic E-state index is 12.8. The normalized spacial score (nSPS) is 12.0. The molecule has 0 radical (unpaired) electrons. The molecule has 102 valence electrons. The molecule has 3 aromatic rings. The highest BCUT2D eigenvalue weighted by Gasteiger charge is 2.33. The third kappa shape index (κ3) is 2.03. The molecule has 0 unspecified atom stereocenters. The molecule has 2 heterocycles. The highest BCUT2D eigenvalue weighted by Crippen LogP contribution is 2.36. The summed E-state index contributed by atoms with van der Waals surface area (Å²) in [5.41, 5.74) is 0.573. The Hall–Kier alpha value is -2.37. The zero-order valence-electron chi connectivity index (χ0n) is 10.4. The topological polar surface area (TPSA) is 38.9 Å². The van der Waals surface area contributed by atoms with E-state index in [4.69, 9.17) is 4.42 Å². The van der Waals surface area contributed by atoms with Gasteiger partial charge in [0, 0.05) is 23.5 Å². The number of aryl methyl sites for hydroxylation is 1. The van der Waals surface area contributed by atoms with E-state index in [1.807, 2.05) is 0 Å². The number of pyridine rings is 1. The van der Waals surface area contributed by atoms with Gasteiger partial charge in [-0.05, 0) is 31.2 Å². The molecule has 0 fully saturated rings. The van der Waals surface area contributed by atoms with Crippen LogP contribution in [0.15, 0.2) is 41.1 Å². The minimum Gasteiger partial charge on any atom is -0.436 e. The molecule has 0 bridgehead atoms. The van der Waals surface area contributed by atoms with Gasteiger partial charge in [0.25, 0.3) is 0 Å². The number of halogens is 3. The van der Waals surface area contributed by atoms with Gasteiger partial charge in [0.2, 0.25) is 5.89 Å². The fourth-order valence-corrected chi connectivity index (χ4v) is 2.05. The molecule has 6 heteroatoms. The first-order chi connectivity index (χ1) is 9.47. The average molecular weight is 278 g/mol. The summed E-state index contributed by atoms with van der Waals surface area (Å²) < 4.78 is 44.0. The molecule has 0 atom stereocenters. The first-order valence-electron chi connectivity index (χ1n) is 5.84. The van der Waals surface area contributed by atoms with Gasteiger partial charge in [0.1, 0.15) is 5.52 Å². The molecule has 0 spiro atoms. The number of hydrogen-bond donors (Lipinski definition) is 0. The zero-order valence-corrected chi connectivity index (χ0v) is 10.4. The number of hydrogen-bond acceptors (Lipinski definition) is 3. The number of alkyl halides is 3. The smallest absolute Gasteiger partial charge is 0.416 e. The molecule has 0 N–H and O–H groups in total. The van der Waals surface area contributed by atoms with Crippen molar-refractivity contribution in [1.29, 1.82) is 0 Å². The molecule has 0 aliphatic heterocycles. The second-order valence-electron chi connectivity index (χ2n) is 4.34. The molecule has 2 aromatic heterocycles. The van der Waals surface area contributed by atoms with Gasteiger partial charge in [0.15, 0.2) is 5.58 Å². The number of oxazole rings is 1. The summed E-state index contributed by atoms with van der Waals surface area (Å²) in [6.45, 7) is 1.38. The molecular weight excluding hydrogens is 269 g/mol. The van der Waals surface area contributed by atoms with Gasteiger partial charge in [-0.15, -0.1) is 0 Å². The highest BCUT2D eigenvalue weighted by molar-refractivity contribution is 5.80. The Labute approximate surface area is 112 Å². The van der Waals surface area contributed by atoms with Gasteiger partial charge in [-0.1, -0.05) is 0 Å². The third-order valence-corrected chi connectivity index (χ3v) is 3.04. The molecule has 0 saturated carbocycles. The van der Waals surface area contributed by atoms with Crippen LogP contribution in [0.1, 0.15) is 11.1 Å². The van der Waals surface area contributed by atoms with Crippen LogP contribution >= 0.6 is 0 Å². The van der Waals surface area contributed by atoms with Crippen LogP contribution in [0, 0.1) is 6.92 Å². The maximum Gasteiger partial charge on any atom is 0.416 e. The summed E-state index contributed by atoms with van der Waals surface area (Å²) in [6, 6.07) is 5.71. The summed E-state index contributed by atoms with van der Waals surface area (Å²) in [6.07, 6.45) is -1.27. The molecule has 0 amide bonds. The predicted octanol–water partition coefficient (Wildman–Crippen LogP) is 4.22. The third-order valence-electron chi connectivity index (χ3n) is 3.04. The molecule has 0 aliphatic carbocycles. The summed E-state index contributed by atoms with van der Waals surface area (Å²) in [4.78, 5) is 8.08. The zero-order chi connectivity index (χ0) is 14.3.